The summed E-state index contributed by atoms with van der Waals surface area (Å²) in [5, 5.41) is 22.3. The van der Waals surface area contributed by atoms with Crippen LogP contribution in [0.1, 0.15) is 189 Å². The number of carbonyl (C=O) groups is 2. The Bertz CT molecular complexity index is 3140. The molecular formula is C72H90Cl2N4O10. The second kappa shape index (κ2) is 27.9. The van der Waals surface area contributed by atoms with Gasteiger partial charge in [-0.2, -0.15) is 0 Å². The Morgan fingerprint density at radius 3 is 1.16 bits per heavy atom. The molecule has 8 aliphatic heterocycles. The molecule has 2 saturated heterocycles. The lowest BCUT2D eigenvalue weighted by molar-refractivity contribution is -0.161. The van der Waals surface area contributed by atoms with Crippen molar-refractivity contribution in [3.05, 3.63) is 152 Å². The summed E-state index contributed by atoms with van der Waals surface area (Å²) in [5.41, 5.74) is 10.1. The summed E-state index contributed by atoms with van der Waals surface area (Å²) >= 11 is 12.4. The van der Waals surface area contributed by atoms with Gasteiger partial charge in [-0.1, -0.05) is 71.7 Å². The summed E-state index contributed by atoms with van der Waals surface area (Å²) < 4.78 is 38.6. The first kappa shape index (κ1) is 66.2. The molecule has 10 heterocycles. The molecule has 472 valence electrons. The Balaban J connectivity index is 0.000000209. The number of benzene rings is 4. The van der Waals surface area contributed by atoms with Crippen LogP contribution in [-0.2, 0) is 28.5 Å². The van der Waals surface area contributed by atoms with Gasteiger partial charge in [0.25, 0.3) is 0 Å². The minimum absolute atomic E-state index is 0.123. The first-order valence-electron chi connectivity index (χ1n) is 31.3. The zero-order valence-electron chi connectivity index (χ0n) is 53.6. The summed E-state index contributed by atoms with van der Waals surface area (Å²) in [6.45, 7) is 27.8. The van der Waals surface area contributed by atoms with Gasteiger partial charge in [0, 0.05) is 94.5 Å². The maximum Gasteiger partial charge on any atom is 0.337 e. The number of rotatable bonds is 8. The highest BCUT2D eigenvalue weighted by Gasteiger charge is 2.40. The van der Waals surface area contributed by atoms with Gasteiger partial charge in [-0.3, -0.25) is 9.97 Å². The average Bonchev–Trinajstić information content (AvgIpc) is 0.949. The van der Waals surface area contributed by atoms with E-state index in [-0.39, 0.29) is 23.4 Å². The van der Waals surface area contributed by atoms with Crippen molar-refractivity contribution in [3.63, 3.8) is 0 Å². The summed E-state index contributed by atoms with van der Waals surface area (Å²) in [6, 6.07) is 31.9. The number of nitrogens with zero attached hydrogens (tertiary/aromatic N) is 4. The minimum Gasteiger partial charge on any atom is -0.486 e. The van der Waals surface area contributed by atoms with Crippen molar-refractivity contribution in [1.82, 2.24) is 9.97 Å². The Kier molecular flexibility index (Phi) is 20.9. The van der Waals surface area contributed by atoms with Crippen LogP contribution in [0.5, 0.6) is 11.5 Å². The molecule has 4 atom stereocenters. The zero-order valence-corrected chi connectivity index (χ0v) is 55.1. The first-order valence-corrected chi connectivity index (χ1v) is 32.1. The standard InChI is InChI=1S/2C36H45ClN2O5/c2*1-23-30-26-12-16-28(17-13-26)43-29(25-10-14-27(37)15-11-25)9-7-8-22-42-36(6)18-20-39(21-19-36)32(30)31(24(2)38-23)33(34(40)41)44-35(3,4)5/h2*10-17,29,33H,7-9,18-22H2,1-6H3,(H,40,41)/t2*29?,33-/m00/s1. The highest BCUT2D eigenvalue weighted by atomic mass is 35.5. The van der Waals surface area contributed by atoms with Gasteiger partial charge in [0.05, 0.1) is 33.8 Å². The summed E-state index contributed by atoms with van der Waals surface area (Å²) in [6.07, 6.45) is 6.28. The number of pyridine rings is 2. The van der Waals surface area contributed by atoms with Crippen LogP contribution in [0.2, 0.25) is 10.0 Å². The van der Waals surface area contributed by atoms with Crippen molar-refractivity contribution in [2.75, 3.05) is 49.2 Å². The molecule has 88 heavy (non-hydrogen) atoms. The third kappa shape index (κ3) is 16.4. The zero-order chi connectivity index (χ0) is 63.3. The van der Waals surface area contributed by atoms with Gasteiger partial charge < -0.3 is 48.4 Å². The van der Waals surface area contributed by atoms with E-state index < -0.39 is 35.3 Å². The van der Waals surface area contributed by atoms with Crippen molar-refractivity contribution in [3.8, 4) is 33.8 Å². The van der Waals surface area contributed by atoms with Crippen LogP contribution >= 0.6 is 23.2 Å². The van der Waals surface area contributed by atoms with Gasteiger partial charge in [-0.15, -0.1) is 0 Å². The third-order valence-corrected chi connectivity index (χ3v) is 17.8. The molecule has 6 aromatic rings. The average molecular weight is 1240 g/mol. The van der Waals surface area contributed by atoms with E-state index in [1.54, 1.807) is 0 Å². The Labute approximate surface area is 531 Å². The predicted octanol–water partition coefficient (Wildman–Crippen LogP) is 17.3. The first-order chi connectivity index (χ1) is 41.7. The van der Waals surface area contributed by atoms with E-state index in [1.807, 2.05) is 142 Å². The number of fused-ring (bicyclic) bond motifs is 4. The van der Waals surface area contributed by atoms with E-state index in [0.717, 1.165) is 158 Å². The van der Waals surface area contributed by atoms with Crippen LogP contribution in [0.15, 0.2) is 97.1 Å². The summed E-state index contributed by atoms with van der Waals surface area (Å²) in [7, 11) is 0. The van der Waals surface area contributed by atoms with E-state index in [1.165, 1.54) is 0 Å². The number of aromatic nitrogens is 2. The van der Waals surface area contributed by atoms with Crippen molar-refractivity contribution in [2.24, 2.45) is 0 Å². The molecule has 2 N–H and O–H groups in total. The predicted molar refractivity (Wildman–Crippen MR) is 350 cm³/mol. The Morgan fingerprint density at radius 2 is 0.852 bits per heavy atom. The molecule has 0 aliphatic carbocycles. The number of halogens is 2. The number of hydrogen-bond acceptors (Lipinski definition) is 12. The van der Waals surface area contributed by atoms with E-state index in [9.17, 15) is 19.8 Å². The van der Waals surface area contributed by atoms with Gasteiger partial charge in [0.15, 0.2) is 12.2 Å². The van der Waals surface area contributed by atoms with Crippen molar-refractivity contribution in [2.45, 2.75) is 194 Å². The molecule has 0 amide bonds. The molecule has 2 unspecified atom stereocenters. The molecular weight excluding hydrogens is 1150 g/mol. The Morgan fingerprint density at radius 1 is 0.523 bits per heavy atom. The fourth-order valence-electron chi connectivity index (χ4n) is 12.7. The molecule has 8 bridgehead atoms. The number of carboxylic acids is 2. The molecule has 0 saturated carbocycles. The SMILES string of the molecule is Cc1nc(C)c([C@H](OC(C)(C)C)C(=O)O)c2c1-c1ccc(cc1)OC(c1ccc(Cl)cc1)CCCCOC1(C)CCN2CC1.Cc1nc(C)c([C@H](OC(C)(C)C)C(=O)O)c2c1-c1ccc(cc1)OC(c1ccc(Cl)cc1)CCCCOC1(C)CCN2CC1. The second-order valence-corrected chi connectivity index (χ2v) is 27.5. The van der Waals surface area contributed by atoms with Crippen LogP contribution in [-0.4, -0.2) is 93.9 Å². The van der Waals surface area contributed by atoms with Gasteiger partial charge >= 0.3 is 11.9 Å². The van der Waals surface area contributed by atoms with E-state index >= 15 is 0 Å². The molecule has 2 fully saturated rings. The monoisotopic (exact) mass is 1240 g/mol. The third-order valence-electron chi connectivity index (χ3n) is 17.3. The summed E-state index contributed by atoms with van der Waals surface area (Å²) in [4.78, 5) is 40.0. The van der Waals surface area contributed by atoms with Crippen molar-refractivity contribution in [1.29, 1.82) is 0 Å². The molecule has 0 spiro atoms. The van der Waals surface area contributed by atoms with Gasteiger partial charge in [-0.25, -0.2) is 9.59 Å². The number of ether oxygens (including phenoxy) is 6. The smallest absolute Gasteiger partial charge is 0.337 e. The highest BCUT2D eigenvalue weighted by molar-refractivity contribution is 6.30. The maximum absolute atomic E-state index is 12.8. The number of aliphatic carboxylic acids is 2. The molecule has 14 rings (SSSR count). The van der Waals surface area contributed by atoms with E-state index in [0.29, 0.717) is 45.8 Å². The molecule has 16 heteroatoms. The van der Waals surface area contributed by atoms with Gasteiger partial charge in [0.2, 0.25) is 0 Å². The lowest BCUT2D eigenvalue weighted by atomic mass is 9.89. The number of piperidine rings is 2. The second-order valence-electron chi connectivity index (χ2n) is 26.7. The fraction of sp³-hybridized carbons (Fsp3) is 0.500. The van der Waals surface area contributed by atoms with Crippen molar-refractivity contribution < 1.29 is 48.2 Å². The van der Waals surface area contributed by atoms with Gasteiger partial charge in [0.1, 0.15) is 23.7 Å². The van der Waals surface area contributed by atoms with E-state index in [2.05, 4.69) is 47.9 Å². The largest absolute Gasteiger partial charge is 0.486 e. The highest BCUT2D eigenvalue weighted by Crippen LogP contribution is 2.47. The molecule has 2 aromatic heterocycles. The van der Waals surface area contributed by atoms with E-state index in [4.69, 9.17) is 61.6 Å². The lowest BCUT2D eigenvalue weighted by Crippen LogP contribution is -2.45. The topological polar surface area (TPSA) is 162 Å². The molecule has 0 radical (unpaired) electrons. The lowest BCUT2D eigenvalue weighted by Gasteiger charge is -2.42. The van der Waals surface area contributed by atoms with Crippen LogP contribution in [0.3, 0.4) is 0 Å². The summed E-state index contributed by atoms with van der Waals surface area (Å²) in [5.74, 6) is -0.521. The normalized spacial score (nSPS) is 21.8. The Hall–Kier alpha value is -6.26. The molecule has 4 aromatic carbocycles. The van der Waals surface area contributed by atoms with Crippen LogP contribution in [0, 0.1) is 27.7 Å². The van der Waals surface area contributed by atoms with Crippen LogP contribution in [0.25, 0.3) is 22.3 Å². The quantitative estimate of drug-likeness (QED) is 0.148. The molecule has 14 nitrogen and oxygen atoms in total. The number of carboxylic acid groups (broad SMARTS) is 2. The number of hydrogen-bond donors (Lipinski definition) is 2. The van der Waals surface area contributed by atoms with Crippen LogP contribution in [0.4, 0.5) is 11.4 Å². The van der Waals surface area contributed by atoms with Gasteiger partial charge in [-0.05, 0) is 218 Å². The fourth-order valence-corrected chi connectivity index (χ4v) is 13.0. The number of aryl methyl sites for hydroxylation is 4. The van der Waals surface area contributed by atoms with Crippen molar-refractivity contribution >= 4 is 46.5 Å². The van der Waals surface area contributed by atoms with Crippen LogP contribution < -0.4 is 19.3 Å². The minimum atomic E-state index is -1.17. The molecule has 8 aliphatic rings. The maximum atomic E-state index is 12.8. The number of anilines is 2.